The van der Waals surface area contributed by atoms with Gasteiger partial charge in [0, 0.05) is 10.7 Å². The SMILES string of the molecule is CCc1ccc(NC(=O)CCl)cc1Cl. The first kappa shape index (κ1) is 11.3. The first-order valence-corrected chi connectivity index (χ1v) is 5.23. The number of carbonyl (C=O) groups is 1. The zero-order chi connectivity index (χ0) is 10.6. The molecule has 1 aromatic rings. The van der Waals surface area contributed by atoms with Crippen LogP contribution in [0.1, 0.15) is 12.5 Å². The summed E-state index contributed by atoms with van der Waals surface area (Å²) in [5.41, 5.74) is 1.74. The predicted octanol–water partition coefficient (Wildman–Crippen LogP) is 3.08. The fraction of sp³-hybridized carbons (Fsp3) is 0.300. The molecule has 14 heavy (non-hydrogen) atoms. The normalized spacial score (nSPS) is 9.93. The van der Waals surface area contributed by atoms with Gasteiger partial charge in [-0.15, -0.1) is 11.6 Å². The molecule has 1 N–H and O–H groups in total. The molecular weight excluding hydrogens is 221 g/mol. The number of hydrogen-bond donors (Lipinski definition) is 1. The summed E-state index contributed by atoms with van der Waals surface area (Å²) in [6.45, 7) is 2.03. The van der Waals surface area contributed by atoms with Gasteiger partial charge in [-0.05, 0) is 24.1 Å². The van der Waals surface area contributed by atoms with E-state index >= 15 is 0 Å². The summed E-state index contributed by atoms with van der Waals surface area (Å²) in [5.74, 6) is -0.278. The van der Waals surface area contributed by atoms with Gasteiger partial charge in [-0.25, -0.2) is 0 Å². The maximum absolute atomic E-state index is 11.0. The van der Waals surface area contributed by atoms with Crippen LogP contribution >= 0.6 is 23.2 Å². The molecule has 1 aromatic carbocycles. The molecule has 0 aliphatic rings. The predicted molar refractivity (Wildman–Crippen MR) is 60.2 cm³/mol. The number of alkyl halides is 1. The van der Waals surface area contributed by atoms with Crippen molar-refractivity contribution >= 4 is 34.8 Å². The lowest BCUT2D eigenvalue weighted by molar-refractivity contribution is -0.113. The highest BCUT2D eigenvalue weighted by Crippen LogP contribution is 2.21. The van der Waals surface area contributed by atoms with Gasteiger partial charge in [0.05, 0.1) is 0 Å². The Labute approximate surface area is 93.2 Å². The van der Waals surface area contributed by atoms with Crippen LogP contribution in [0.15, 0.2) is 18.2 Å². The molecule has 0 fully saturated rings. The number of hydrogen-bond acceptors (Lipinski definition) is 1. The van der Waals surface area contributed by atoms with Crippen molar-refractivity contribution in [3.8, 4) is 0 Å². The van der Waals surface area contributed by atoms with Crippen LogP contribution in [-0.2, 0) is 11.2 Å². The van der Waals surface area contributed by atoms with E-state index < -0.39 is 0 Å². The third-order valence-corrected chi connectivity index (χ3v) is 2.43. The first-order valence-electron chi connectivity index (χ1n) is 4.31. The quantitative estimate of drug-likeness (QED) is 0.797. The number of aryl methyl sites for hydroxylation is 1. The average molecular weight is 232 g/mol. The van der Waals surface area contributed by atoms with Crippen LogP contribution in [0.25, 0.3) is 0 Å². The Morgan fingerprint density at radius 2 is 2.21 bits per heavy atom. The lowest BCUT2D eigenvalue weighted by atomic mass is 10.1. The van der Waals surface area contributed by atoms with Crippen LogP contribution in [0.5, 0.6) is 0 Å². The van der Waals surface area contributed by atoms with Gasteiger partial charge in [-0.2, -0.15) is 0 Å². The second-order valence-electron chi connectivity index (χ2n) is 2.84. The van der Waals surface area contributed by atoms with Crippen LogP contribution in [0.2, 0.25) is 5.02 Å². The highest BCUT2D eigenvalue weighted by Gasteiger charge is 2.02. The van der Waals surface area contributed by atoms with Crippen LogP contribution < -0.4 is 5.32 Å². The molecule has 0 saturated carbocycles. The first-order chi connectivity index (χ1) is 6.67. The maximum atomic E-state index is 11.0. The minimum Gasteiger partial charge on any atom is -0.325 e. The second kappa shape index (κ2) is 5.23. The molecule has 0 unspecified atom stereocenters. The summed E-state index contributed by atoms with van der Waals surface area (Å²) < 4.78 is 0. The van der Waals surface area contributed by atoms with Gasteiger partial charge in [0.1, 0.15) is 5.88 Å². The molecule has 76 valence electrons. The summed E-state index contributed by atoms with van der Waals surface area (Å²) in [6.07, 6.45) is 0.878. The van der Waals surface area contributed by atoms with Crippen molar-refractivity contribution in [2.45, 2.75) is 13.3 Å². The Kier molecular flexibility index (Phi) is 4.23. The van der Waals surface area contributed by atoms with Gasteiger partial charge in [-0.3, -0.25) is 4.79 Å². The highest BCUT2D eigenvalue weighted by molar-refractivity contribution is 6.32. The second-order valence-corrected chi connectivity index (χ2v) is 3.52. The molecule has 4 heteroatoms. The Balaban J connectivity index is 2.81. The number of anilines is 1. The third-order valence-electron chi connectivity index (χ3n) is 1.84. The standard InChI is InChI=1S/C10H11Cl2NO/c1-2-7-3-4-8(5-9(7)12)13-10(14)6-11/h3-5H,2,6H2,1H3,(H,13,14). The van der Waals surface area contributed by atoms with Crippen molar-refractivity contribution < 1.29 is 4.79 Å². The van der Waals surface area contributed by atoms with Gasteiger partial charge < -0.3 is 5.32 Å². The number of rotatable bonds is 3. The van der Waals surface area contributed by atoms with Gasteiger partial charge in [0.25, 0.3) is 0 Å². The molecule has 0 saturated heterocycles. The summed E-state index contributed by atoms with van der Waals surface area (Å²) in [4.78, 5) is 11.0. The Hall–Kier alpha value is -0.730. The Morgan fingerprint density at radius 1 is 1.50 bits per heavy atom. The van der Waals surface area contributed by atoms with E-state index in [1.807, 2.05) is 19.1 Å². The van der Waals surface area contributed by atoms with Crippen molar-refractivity contribution in [3.05, 3.63) is 28.8 Å². The van der Waals surface area contributed by atoms with E-state index in [1.165, 1.54) is 0 Å². The summed E-state index contributed by atoms with van der Waals surface area (Å²) in [5, 5.41) is 3.29. The molecule has 0 spiro atoms. The number of carbonyl (C=O) groups excluding carboxylic acids is 1. The highest BCUT2D eigenvalue weighted by atomic mass is 35.5. The molecule has 1 amide bonds. The molecule has 0 aliphatic carbocycles. The van der Waals surface area contributed by atoms with Crippen molar-refractivity contribution in [1.82, 2.24) is 0 Å². The van der Waals surface area contributed by atoms with Crippen LogP contribution in [0.4, 0.5) is 5.69 Å². The minimum absolute atomic E-state index is 0.0485. The Morgan fingerprint density at radius 3 is 2.71 bits per heavy atom. The maximum Gasteiger partial charge on any atom is 0.239 e. The fourth-order valence-electron chi connectivity index (χ4n) is 1.11. The van der Waals surface area contributed by atoms with Crippen molar-refractivity contribution in [2.24, 2.45) is 0 Å². The van der Waals surface area contributed by atoms with Crippen molar-refractivity contribution in [3.63, 3.8) is 0 Å². The number of amides is 1. The van der Waals surface area contributed by atoms with Crippen LogP contribution in [-0.4, -0.2) is 11.8 Å². The molecule has 0 bridgehead atoms. The topological polar surface area (TPSA) is 29.1 Å². The number of halogens is 2. The lowest BCUT2D eigenvalue weighted by Crippen LogP contribution is -2.12. The molecule has 0 radical (unpaired) electrons. The molecule has 2 nitrogen and oxygen atoms in total. The third kappa shape index (κ3) is 2.89. The van der Waals surface area contributed by atoms with Gasteiger partial charge in [0.2, 0.25) is 5.91 Å². The van der Waals surface area contributed by atoms with Gasteiger partial charge >= 0.3 is 0 Å². The van der Waals surface area contributed by atoms with Crippen LogP contribution in [0, 0.1) is 0 Å². The van der Waals surface area contributed by atoms with E-state index in [0.717, 1.165) is 12.0 Å². The van der Waals surface area contributed by atoms with E-state index in [4.69, 9.17) is 23.2 Å². The molecule has 0 heterocycles. The average Bonchev–Trinajstić information content (AvgIpc) is 2.18. The lowest BCUT2D eigenvalue weighted by Gasteiger charge is -2.05. The van der Waals surface area contributed by atoms with Crippen molar-refractivity contribution in [2.75, 3.05) is 11.2 Å². The van der Waals surface area contributed by atoms with E-state index in [1.54, 1.807) is 6.07 Å². The molecular formula is C10H11Cl2NO. The molecule has 0 atom stereocenters. The van der Waals surface area contributed by atoms with Crippen molar-refractivity contribution in [1.29, 1.82) is 0 Å². The smallest absolute Gasteiger partial charge is 0.239 e. The number of nitrogens with one attached hydrogen (secondary N) is 1. The van der Waals surface area contributed by atoms with Gasteiger partial charge in [0.15, 0.2) is 0 Å². The van der Waals surface area contributed by atoms with Gasteiger partial charge in [-0.1, -0.05) is 24.6 Å². The zero-order valence-corrected chi connectivity index (χ0v) is 9.32. The molecule has 0 aromatic heterocycles. The number of benzene rings is 1. The Bertz CT molecular complexity index is 339. The summed E-state index contributed by atoms with van der Waals surface area (Å²) in [6, 6.07) is 5.44. The zero-order valence-electron chi connectivity index (χ0n) is 7.81. The fourth-order valence-corrected chi connectivity index (χ4v) is 1.49. The monoisotopic (exact) mass is 231 g/mol. The van der Waals surface area contributed by atoms with E-state index in [-0.39, 0.29) is 11.8 Å². The largest absolute Gasteiger partial charge is 0.325 e. The summed E-state index contributed by atoms with van der Waals surface area (Å²) >= 11 is 11.3. The van der Waals surface area contributed by atoms with Crippen LogP contribution in [0.3, 0.4) is 0 Å². The van der Waals surface area contributed by atoms with E-state index in [0.29, 0.717) is 10.7 Å². The van der Waals surface area contributed by atoms with E-state index in [9.17, 15) is 4.79 Å². The minimum atomic E-state index is -0.230. The molecule has 0 aliphatic heterocycles. The van der Waals surface area contributed by atoms with E-state index in [2.05, 4.69) is 5.32 Å². The molecule has 1 rings (SSSR count). The summed E-state index contributed by atoms with van der Waals surface area (Å²) in [7, 11) is 0.